The first-order chi connectivity index (χ1) is 7.25. The fraction of sp³-hybridized carbons (Fsp3) is 0.111. The van der Waals surface area contributed by atoms with Crippen molar-refractivity contribution in [2.45, 2.75) is 4.34 Å². The van der Waals surface area contributed by atoms with Crippen molar-refractivity contribution in [3.05, 3.63) is 32.9 Å². The SMILES string of the molecule is O=C(CSc1nccs1)c1ccc(Cl)s1. The third kappa shape index (κ3) is 3.04. The Labute approximate surface area is 104 Å². The molecule has 0 saturated heterocycles. The van der Waals surface area contributed by atoms with Crippen molar-refractivity contribution in [2.24, 2.45) is 0 Å². The number of aromatic nitrogens is 1. The average Bonchev–Trinajstić information content (AvgIpc) is 2.84. The van der Waals surface area contributed by atoms with Crippen LogP contribution in [0.1, 0.15) is 9.67 Å². The number of thioether (sulfide) groups is 1. The van der Waals surface area contributed by atoms with Gasteiger partial charge in [0.2, 0.25) is 0 Å². The Morgan fingerprint density at radius 3 is 3.00 bits per heavy atom. The van der Waals surface area contributed by atoms with E-state index in [9.17, 15) is 4.79 Å². The number of ketones is 1. The van der Waals surface area contributed by atoms with Crippen LogP contribution in [0, 0.1) is 0 Å². The molecule has 2 rings (SSSR count). The lowest BCUT2D eigenvalue weighted by Gasteiger charge is -1.94. The number of hydrogen-bond acceptors (Lipinski definition) is 5. The van der Waals surface area contributed by atoms with Gasteiger partial charge in [-0.25, -0.2) is 4.98 Å². The van der Waals surface area contributed by atoms with Gasteiger partial charge in [-0.2, -0.15) is 0 Å². The first-order valence-corrected chi connectivity index (χ1v) is 7.12. The van der Waals surface area contributed by atoms with E-state index in [4.69, 9.17) is 11.6 Å². The summed E-state index contributed by atoms with van der Waals surface area (Å²) in [6, 6.07) is 3.51. The molecule has 0 amide bonds. The number of hydrogen-bond donors (Lipinski definition) is 0. The standard InChI is InChI=1S/C9H6ClNOS3/c10-8-2-1-7(15-8)6(12)5-14-9-11-3-4-13-9/h1-4H,5H2. The summed E-state index contributed by atoms with van der Waals surface area (Å²) in [5, 5.41) is 1.90. The zero-order chi connectivity index (χ0) is 10.7. The van der Waals surface area contributed by atoms with Gasteiger partial charge in [-0.3, -0.25) is 4.79 Å². The molecule has 0 aliphatic carbocycles. The highest BCUT2D eigenvalue weighted by Gasteiger charge is 2.09. The second-order valence-corrected chi connectivity index (χ2v) is 6.45. The number of halogens is 1. The molecule has 2 nitrogen and oxygen atoms in total. The Balaban J connectivity index is 1.93. The Hall–Kier alpha value is -0.360. The third-order valence-corrected chi connectivity index (χ3v) is 4.82. The lowest BCUT2D eigenvalue weighted by Crippen LogP contribution is -1.98. The molecular weight excluding hydrogens is 270 g/mol. The van der Waals surface area contributed by atoms with Crippen LogP contribution >= 0.6 is 46.0 Å². The second kappa shape index (κ2) is 5.12. The van der Waals surface area contributed by atoms with Crippen molar-refractivity contribution in [1.82, 2.24) is 4.98 Å². The van der Waals surface area contributed by atoms with Crippen molar-refractivity contribution in [2.75, 3.05) is 5.75 Å². The van der Waals surface area contributed by atoms with E-state index in [-0.39, 0.29) is 5.78 Å². The topological polar surface area (TPSA) is 30.0 Å². The van der Waals surface area contributed by atoms with Gasteiger partial charge < -0.3 is 0 Å². The number of rotatable bonds is 4. The van der Waals surface area contributed by atoms with E-state index < -0.39 is 0 Å². The molecule has 2 aromatic heterocycles. The summed E-state index contributed by atoms with van der Waals surface area (Å²) in [4.78, 5) is 16.5. The molecule has 0 fully saturated rings. The number of Topliss-reactive ketones (excluding diaryl/α,β-unsaturated/α-hetero) is 1. The Kier molecular flexibility index (Phi) is 3.80. The minimum atomic E-state index is 0.104. The van der Waals surface area contributed by atoms with Crippen molar-refractivity contribution < 1.29 is 4.79 Å². The molecule has 78 valence electrons. The quantitative estimate of drug-likeness (QED) is 0.627. The van der Waals surface area contributed by atoms with Gasteiger partial charge in [-0.05, 0) is 12.1 Å². The summed E-state index contributed by atoms with van der Waals surface area (Å²) in [5.74, 6) is 0.525. The van der Waals surface area contributed by atoms with E-state index in [0.29, 0.717) is 15.0 Å². The fourth-order valence-corrected chi connectivity index (χ4v) is 3.54. The molecule has 0 aliphatic heterocycles. The van der Waals surface area contributed by atoms with Crippen molar-refractivity contribution in [3.8, 4) is 0 Å². The molecule has 0 N–H and O–H groups in total. The maximum Gasteiger partial charge on any atom is 0.183 e. The first-order valence-electron chi connectivity index (χ1n) is 4.06. The predicted molar refractivity (Wildman–Crippen MR) is 66.5 cm³/mol. The molecule has 0 spiro atoms. The summed E-state index contributed by atoms with van der Waals surface area (Å²) < 4.78 is 1.57. The zero-order valence-electron chi connectivity index (χ0n) is 7.47. The summed E-state index contributed by atoms with van der Waals surface area (Å²) in [6.07, 6.45) is 1.74. The smallest absolute Gasteiger partial charge is 0.183 e. The minimum absolute atomic E-state index is 0.104. The highest BCUT2D eigenvalue weighted by atomic mass is 35.5. The first kappa shape index (κ1) is 11.1. The largest absolute Gasteiger partial charge is 0.292 e. The lowest BCUT2D eigenvalue weighted by atomic mass is 10.4. The maximum atomic E-state index is 11.7. The van der Waals surface area contributed by atoms with Crippen LogP contribution in [0.3, 0.4) is 0 Å². The summed E-state index contributed by atoms with van der Waals surface area (Å²) in [7, 11) is 0. The molecule has 0 radical (unpaired) electrons. The van der Waals surface area contributed by atoms with Gasteiger partial charge in [0.1, 0.15) is 4.34 Å². The number of nitrogens with zero attached hydrogens (tertiary/aromatic N) is 1. The van der Waals surface area contributed by atoms with E-state index in [1.807, 2.05) is 5.38 Å². The number of thiazole rings is 1. The Morgan fingerprint density at radius 2 is 2.40 bits per heavy atom. The highest BCUT2D eigenvalue weighted by Crippen LogP contribution is 2.25. The summed E-state index contributed by atoms with van der Waals surface area (Å²) in [5.41, 5.74) is 0. The van der Waals surface area contributed by atoms with Gasteiger partial charge in [0.15, 0.2) is 5.78 Å². The van der Waals surface area contributed by atoms with E-state index in [1.54, 1.807) is 29.7 Å². The average molecular weight is 276 g/mol. The molecule has 0 saturated carbocycles. The van der Waals surface area contributed by atoms with E-state index in [1.165, 1.54) is 23.1 Å². The molecule has 0 unspecified atom stereocenters. The van der Waals surface area contributed by atoms with Gasteiger partial charge in [0, 0.05) is 11.6 Å². The molecular formula is C9H6ClNOS3. The van der Waals surface area contributed by atoms with Crippen molar-refractivity contribution in [3.63, 3.8) is 0 Å². The molecule has 0 aromatic carbocycles. The summed E-state index contributed by atoms with van der Waals surface area (Å²) in [6.45, 7) is 0. The van der Waals surface area contributed by atoms with Gasteiger partial charge >= 0.3 is 0 Å². The van der Waals surface area contributed by atoms with Gasteiger partial charge in [-0.1, -0.05) is 23.4 Å². The van der Waals surface area contributed by atoms with Crippen LogP contribution in [0.15, 0.2) is 28.0 Å². The summed E-state index contributed by atoms with van der Waals surface area (Å²) >= 11 is 10.1. The molecule has 0 atom stereocenters. The molecule has 0 bridgehead atoms. The van der Waals surface area contributed by atoms with E-state index >= 15 is 0 Å². The molecule has 15 heavy (non-hydrogen) atoms. The van der Waals surface area contributed by atoms with Crippen LogP contribution in [0.2, 0.25) is 4.34 Å². The normalized spacial score (nSPS) is 10.5. The van der Waals surface area contributed by atoms with Crippen LogP contribution in [0.25, 0.3) is 0 Å². The van der Waals surface area contributed by atoms with Crippen LogP contribution in [-0.4, -0.2) is 16.5 Å². The molecule has 0 aliphatic rings. The Bertz CT molecular complexity index is 452. The van der Waals surface area contributed by atoms with Crippen LogP contribution in [0.5, 0.6) is 0 Å². The maximum absolute atomic E-state index is 11.7. The van der Waals surface area contributed by atoms with E-state index in [2.05, 4.69) is 4.98 Å². The Morgan fingerprint density at radius 1 is 1.53 bits per heavy atom. The van der Waals surface area contributed by atoms with Crippen LogP contribution in [-0.2, 0) is 0 Å². The molecule has 2 heterocycles. The second-order valence-electron chi connectivity index (χ2n) is 2.61. The van der Waals surface area contributed by atoms with Gasteiger partial charge in [0.05, 0.1) is 15.0 Å². The third-order valence-electron chi connectivity index (χ3n) is 1.58. The predicted octanol–water partition coefficient (Wildman–Crippen LogP) is 3.83. The number of carbonyl (C=O) groups is 1. The molecule has 2 aromatic rings. The van der Waals surface area contributed by atoms with Gasteiger partial charge in [-0.15, -0.1) is 22.7 Å². The molecule has 6 heteroatoms. The number of thiophene rings is 1. The van der Waals surface area contributed by atoms with Gasteiger partial charge in [0.25, 0.3) is 0 Å². The van der Waals surface area contributed by atoms with Crippen molar-refractivity contribution >= 4 is 51.8 Å². The van der Waals surface area contributed by atoms with Crippen LogP contribution < -0.4 is 0 Å². The minimum Gasteiger partial charge on any atom is -0.292 e. The monoisotopic (exact) mass is 275 g/mol. The zero-order valence-corrected chi connectivity index (χ0v) is 10.7. The van der Waals surface area contributed by atoms with Crippen LogP contribution in [0.4, 0.5) is 0 Å². The highest BCUT2D eigenvalue weighted by molar-refractivity contribution is 8.01. The fourth-order valence-electron chi connectivity index (χ4n) is 0.944. The number of carbonyl (C=O) groups excluding carboxylic acids is 1. The van der Waals surface area contributed by atoms with Crippen molar-refractivity contribution in [1.29, 1.82) is 0 Å². The lowest BCUT2D eigenvalue weighted by molar-refractivity contribution is 0.102. The van der Waals surface area contributed by atoms with E-state index in [0.717, 1.165) is 4.34 Å².